The second kappa shape index (κ2) is 7.57. The maximum Gasteiger partial charge on any atom is 0.259 e. The van der Waals surface area contributed by atoms with Crippen LogP contribution in [-0.4, -0.2) is 29.4 Å². The molecule has 1 atom stereocenters. The Labute approximate surface area is 145 Å². The first-order valence-electron chi connectivity index (χ1n) is 7.98. The average Bonchev–Trinajstić information content (AvgIpc) is 2.62. The lowest BCUT2D eigenvalue weighted by Crippen LogP contribution is -2.47. The molecule has 2 amide bonds. The van der Waals surface area contributed by atoms with Crippen LogP contribution in [0.15, 0.2) is 53.8 Å². The van der Waals surface area contributed by atoms with Crippen LogP contribution in [0.2, 0.25) is 0 Å². The summed E-state index contributed by atoms with van der Waals surface area (Å²) in [5.41, 5.74) is 1.20. The Bertz CT molecular complexity index is 805. The molecule has 3 rings (SSSR count). The van der Waals surface area contributed by atoms with Crippen LogP contribution >= 0.6 is 0 Å². The van der Waals surface area contributed by atoms with E-state index in [1.54, 1.807) is 18.3 Å². The van der Waals surface area contributed by atoms with Crippen molar-refractivity contribution in [1.29, 1.82) is 0 Å². The molecule has 0 saturated heterocycles. The van der Waals surface area contributed by atoms with Crippen molar-refractivity contribution in [3.05, 3.63) is 59.9 Å². The van der Waals surface area contributed by atoms with E-state index >= 15 is 0 Å². The molecule has 128 valence electrons. The highest BCUT2D eigenvalue weighted by Crippen LogP contribution is 2.31. The topological polar surface area (TPSA) is 92.7 Å². The number of hydrogen-bond acceptors (Lipinski definition) is 5. The van der Waals surface area contributed by atoms with Gasteiger partial charge < -0.3 is 4.74 Å². The molecule has 1 aromatic carbocycles. The first-order chi connectivity index (χ1) is 12.2. The molecule has 0 spiro atoms. The van der Waals surface area contributed by atoms with E-state index in [1.165, 1.54) is 6.20 Å². The van der Waals surface area contributed by atoms with E-state index in [1.807, 2.05) is 31.2 Å². The number of rotatable bonds is 4. The summed E-state index contributed by atoms with van der Waals surface area (Å²) in [4.78, 5) is 32.6. The minimum atomic E-state index is -0.416. The third kappa shape index (κ3) is 4.00. The van der Waals surface area contributed by atoms with Gasteiger partial charge in [-0.05, 0) is 25.1 Å². The van der Waals surface area contributed by atoms with Gasteiger partial charge in [0.25, 0.3) is 5.91 Å². The first kappa shape index (κ1) is 16.6. The Morgan fingerprint density at radius 2 is 2.16 bits per heavy atom. The summed E-state index contributed by atoms with van der Waals surface area (Å²) in [6, 6.07) is 10.3. The minimum Gasteiger partial charge on any atom is -0.494 e. The third-order valence-corrected chi connectivity index (χ3v) is 3.66. The van der Waals surface area contributed by atoms with Gasteiger partial charge in [0.15, 0.2) is 0 Å². The third-order valence-electron chi connectivity index (χ3n) is 3.66. The highest BCUT2D eigenvalue weighted by molar-refractivity contribution is 6.10. The fourth-order valence-electron chi connectivity index (χ4n) is 2.56. The molecular weight excluding hydrogens is 320 g/mol. The standard InChI is InChI=1S/C18H18N4O3/c1-2-25-15-8-4-3-7-13(15)14-10-16(23)21-18(20-14)22-17(24)12-6-5-9-19-11-12/h3-9,11,14H,2,10H2,1H3,(H2,20,21,22,23,24)/t14-/m0/s1. The van der Waals surface area contributed by atoms with Crippen LogP contribution in [-0.2, 0) is 4.79 Å². The smallest absolute Gasteiger partial charge is 0.259 e. The van der Waals surface area contributed by atoms with E-state index in [2.05, 4.69) is 20.6 Å². The quantitative estimate of drug-likeness (QED) is 0.889. The van der Waals surface area contributed by atoms with Gasteiger partial charge in [-0.15, -0.1) is 0 Å². The molecule has 2 heterocycles. The van der Waals surface area contributed by atoms with Crippen LogP contribution in [0.25, 0.3) is 0 Å². The fourth-order valence-corrected chi connectivity index (χ4v) is 2.56. The van der Waals surface area contributed by atoms with E-state index in [0.29, 0.717) is 17.9 Å². The number of para-hydroxylation sites is 1. The molecule has 7 heteroatoms. The summed E-state index contributed by atoms with van der Waals surface area (Å²) in [5, 5.41) is 5.20. The predicted molar refractivity (Wildman–Crippen MR) is 92.2 cm³/mol. The van der Waals surface area contributed by atoms with E-state index < -0.39 is 6.04 Å². The summed E-state index contributed by atoms with van der Waals surface area (Å²) in [6.45, 7) is 2.41. The Hall–Kier alpha value is -3.22. The SMILES string of the molecule is CCOc1ccccc1[C@@H]1CC(=O)NC(NC(=O)c2cccnc2)=N1. The van der Waals surface area contributed by atoms with Crippen molar-refractivity contribution in [2.24, 2.45) is 4.99 Å². The molecule has 0 radical (unpaired) electrons. The number of aromatic nitrogens is 1. The van der Waals surface area contributed by atoms with Crippen molar-refractivity contribution in [1.82, 2.24) is 15.6 Å². The number of hydrogen-bond donors (Lipinski definition) is 2. The average molecular weight is 338 g/mol. The molecule has 0 saturated carbocycles. The van der Waals surface area contributed by atoms with Crippen LogP contribution < -0.4 is 15.4 Å². The van der Waals surface area contributed by atoms with Gasteiger partial charge in [0.2, 0.25) is 11.9 Å². The van der Waals surface area contributed by atoms with Gasteiger partial charge >= 0.3 is 0 Å². The van der Waals surface area contributed by atoms with Gasteiger partial charge in [-0.1, -0.05) is 18.2 Å². The number of guanidine groups is 1. The van der Waals surface area contributed by atoms with Crippen LogP contribution in [0.1, 0.15) is 35.3 Å². The summed E-state index contributed by atoms with van der Waals surface area (Å²) in [6.07, 6.45) is 3.22. The fraction of sp³-hybridized carbons (Fsp3) is 0.222. The highest BCUT2D eigenvalue weighted by Gasteiger charge is 2.25. The van der Waals surface area contributed by atoms with Crippen LogP contribution in [0.4, 0.5) is 0 Å². The molecule has 1 aliphatic rings. The summed E-state index contributed by atoms with van der Waals surface area (Å²) in [7, 11) is 0. The number of pyridine rings is 1. The lowest BCUT2D eigenvalue weighted by molar-refractivity contribution is -0.120. The predicted octanol–water partition coefficient (Wildman–Crippen LogP) is 1.83. The number of benzene rings is 1. The number of carbonyl (C=O) groups excluding carboxylic acids is 2. The molecule has 0 unspecified atom stereocenters. The molecular formula is C18H18N4O3. The minimum absolute atomic E-state index is 0.126. The Morgan fingerprint density at radius 3 is 2.92 bits per heavy atom. The molecule has 7 nitrogen and oxygen atoms in total. The van der Waals surface area contributed by atoms with Crippen LogP contribution in [0.5, 0.6) is 5.75 Å². The normalized spacial score (nSPS) is 16.6. The van der Waals surface area contributed by atoms with Crippen LogP contribution in [0, 0.1) is 0 Å². The molecule has 0 aliphatic carbocycles. The van der Waals surface area contributed by atoms with Gasteiger partial charge in [-0.2, -0.15) is 0 Å². The number of nitrogens with zero attached hydrogens (tertiary/aromatic N) is 2. The number of nitrogens with one attached hydrogen (secondary N) is 2. The zero-order valence-corrected chi connectivity index (χ0v) is 13.7. The molecule has 0 bridgehead atoms. The molecule has 1 aromatic heterocycles. The Morgan fingerprint density at radius 1 is 1.32 bits per heavy atom. The van der Waals surface area contributed by atoms with Crippen molar-refractivity contribution in [2.45, 2.75) is 19.4 Å². The van der Waals surface area contributed by atoms with E-state index in [-0.39, 0.29) is 24.2 Å². The van der Waals surface area contributed by atoms with Gasteiger partial charge in [0.05, 0.1) is 24.6 Å². The second-order valence-corrected chi connectivity index (χ2v) is 5.41. The zero-order valence-electron chi connectivity index (χ0n) is 13.7. The maximum absolute atomic E-state index is 12.2. The zero-order chi connectivity index (χ0) is 17.6. The van der Waals surface area contributed by atoms with Gasteiger partial charge in [-0.3, -0.25) is 25.2 Å². The lowest BCUT2D eigenvalue weighted by atomic mass is 10.0. The number of ether oxygens (including phenoxy) is 1. The van der Waals surface area contributed by atoms with Crippen molar-refractivity contribution < 1.29 is 14.3 Å². The summed E-state index contributed by atoms with van der Waals surface area (Å²) < 4.78 is 5.61. The molecule has 2 N–H and O–H groups in total. The summed E-state index contributed by atoms with van der Waals surface area (Å²) >= 11 is 0. The number of carbonyl (C=O) groups is 2. The Kier molecular flexibility index (Phi) is 5.03. The molecule has 25 heavy (non-hydrogen) atoms. The molecule has 2 aromatic rings. The van der Waals surface area contributed by atoms with Crippen LogP contribution in [0.3, 0.4) is 0 Å². The summed E-state index contributed by atoms with van der Waals surface area (Å²) in [5.74, 6) is 0.214. The molecule has 0 fully saturated rings. The molecule has 1 aliphatic heterocycles. The van der Waals surface area contributed by atoms with E-state index in [0.717, 1.165) is 5.56 Å². The van der Waals surface area contributed by atoms with Gasteiger partial charge in [0, 0.05) is 18.0 Å². The number of amides is 2. The highest BCUT2D eigenvalue weighted by atomic mass is 16.5. The monoisotopic (exact) mass is 338 g/mol. The lowest BCUT2D eigenvalue weighted by Gasteiger charge is -2.23. The number of aliphatic imine (C=N–C) groups is 1. The van der Waals surface area contributed by atoms with E-state index in [9.17, 15) is 9.59 Å². The largest absolute Gasteiger partial charge is 0.494 e. The van der Waals surface area contributed by atoms with Gasteiger partial charge in [-0.25, -0.2) is 4.99 Å². The maximum atomic E-state index is 12.2. The van der Waals surface area contributed by atoms with Crippen molar-refractivity contribution >= 4 is 17.8 Å². The van der Waals surface area contributed by atoms with Gasteiger partial charge in [0.1, 0.15) is 5.75 Å². The van der Waals surface area contributed by atoms with Crippen molar-refractivity contribution in [3.63, 3.8) is 0 Å². The first-order valence-corrected chi connectivity index (χ1v) is 7.98. The van der Waals surface area contributed by atoms with Crippen molar-refractivity contribution in [2.75, 3.05) is 6.61 Å². The Balaban J connectivity index is 1.83. The van der Waals surface area contributed by atoms with Crippen molar-refractivity contribution in [3.8, 4) is 5.75 Å². The van der Waals surface area contributed by atoms with E-state index in [4.69, 9.17) is 4.74 Å². The second-order valence-electron chi connectivity index (χ2n) is 5.41.